The van der Waals surface area contributed by atoms with Crippen molar-refractivity contribution in [2.24, 2.45) is 0 Å². The predicted octanol–water partition coefficient (Wildman–Crippen LogP) is 8.83. The van der Waals surface area contributed by atoms with Crippen molar-refractivity contribution in [2.75, 3.05) is 0 Å². The van der Waals surface area contributed by atoms with Crippen LogP contribution in [0.5, 0.6) is 0 Å². The molecule has 0 radical (unpaired) electrons. The van der Waals surface area contributed by atoms with Gasteiger partial charge < -0.3 is 0 Å². The van der Waals surface area contributed by atoms with Gasteiger partial charge in [0.25, 0.3) is 0 Å². The maximum Gasteiger partial charge on any atom is -0.0132 e. The summed E-state index contributed by atoms with van der Waals surface area (Å²) in [6.07, 6.45) is 0. The number of benzene rings is 2. The number of rotatable bonds is 2. The van der Waals surface area contributed by atoms with Gasteiger partial charge in [0.15, 0.2) is 0 Å². The SMILES string of the molecule is CC(C)c1cc(C(C)C)cc(C(C)(C)C)c1.Cc1cc(C)cc(C(C)(C)C)c1. The molecule has 0 bridgehead atoms. The first kappa shape index (κ1) is 24.5. The van der Waals surface area contributed by atoms with Gasteiger partial charge in [-0.05, 0) is 58.8 Å². The summed E-state index contributed by atoms with van der Waals surface area (Å²) in [5.41, 5.74) is 9.07. The van der Waals surface area contributed by atoms with Gasteiger partial charge in [-0.25, -0.2) is 0 Å². The third-order valence-corrected chi connectivity index (χ3v) is 5.26. The van der Waals surface area contributed by atoms with Gasteiger partial charge in [0.1, 0.15) is 0 Å². The Morgan fingerprint density at radius 3 is 1.11 bits per heavy atom. The zero-order chi connectivity index (χ0) is 21.9. The molecule has 0 N–H and O–H groups in total. The highest BCUT2D eigenvalue weighted by Gasteiger charge is 2.17. The highest BCUT2D eigenvalue weighted by Crippen LogP contribution is 2.30. The van der Waals surface area contributed by atoms with Crippen LogP contribution in [0.3, 0.4) is 0 Å². The highest BCUT2D eigenvalue weighted by atomic mass is 14.2. The van der Waals surface area contributed by atoms with Gasteiger partial charge in [0.05, 0.1) is 0 Å². The van der Waals surface area contributed by atoms with Crippen LogP contribution in [0.15, 0.2) is 36.4 Å². The molecule has 0 aliphatic heterocycles. The second kappa shape index (κ2) is 9.29. The molecule has 0 saturated heterocycles. The molecule has 28 heavy (non-hydrogen) atoms. The van der Waals surface area contributed by atoms with Gasteiger partial charge in [-0.1, -0.05) is 117 Å². The molecule has 156 valence electrons. The van der Waals surface area contributed by atoms with Crippen LogP contribution in [0.1, 0.15) is 114 Å². The summed E-state index contributed by atoms with van der Waals surface area (Å²) in [5.74, 6) is 1.22. The summed E-state index contributed by atoms with van der Waals surface area (Å²) in [6, 6.07) is 13.9. The number of hydrogen-bond donors (Lipinski definition) is 0. The van der Waals surface area contributed by atoms with Gasteiger partial charge in [-0.15, -0.1) is 0 Å². The van der Waals surface area contributed by atoms with Gasteiger partial charge >= 0.3 is 0 Å². The molecule has 0 amide bonds. The molecule has 0 spiro atoms. The zero-order valence-electron chi connectivity index (χ0n) is 20.6. The van der Waals surface area contributed by atoms with Crippen LogP contribution in [-0.4, -0.2) is 0 Å². The van der Waals surface area contributed by atoms with E-state index in [0.29, 0.717) is 11.8 Å². The van der Waals surface area contributed by atoms with Gasteiger partial charge in [0, 0.05) is 0 Å². The Kier molecular flexibility index (Phi) is 8.12. The molecule has 0 fully saturated rings. The average Bonchev–Trinajstić information content (AvgIpc) is 2.52. The Labute approximate surface area is 175 Å². The van der Waals surface area contributed by atoms with Crippen molar-refractivity contribution in [1.82, 2.24) is 0 Å². The quantitative estimate of drug-likeness (QED) is 0.488. The van der Waals surface area contributed by atoms with Crippen LogP contribution in [0, 0.1) is 13.8 Å². The molecule has 0 aromatic heterocycles. The monoisotopic (exact) mass is 380 g/mol. The van der Waals surface area contributed by atoms with Crippen LogP contribution >= 0.6 is 0 Å². The van der Waals surface area contributed by atoms with Crippen LogP contribution in [0.25, 0.3) is 0 Å². The summed E-state index contributed by atoms with van der Waals surface area (Å²) in [4.78, 5) is 0. The van der Waals surface area contributed by atoms with E-state index in [-0.39, 0.29) is 10.8 Å². The Hall–Kier alpha value is -1.56. The molecule has 0 heterocycles. The van der Waals surface area contributed by atoms with Crippen LogP contribution in [-0.2, 0) is 10.8 Å². The highest BCUT2D eigenvalue weighted by molar-refractivity contribution is 5.37. The maximum atomic E-state index is 2.37. The average molecular weight is 381 g/mol. The lowest BCUT2D eigenvalue weighted by atomic mass is 9.82. The lowest BCUT2D eigenvalue weighted by molar-refractivity contribution is 0.586. The standard InChI is InChI=1S/C16H26.C12H18/c1-11(2)13-8-14(12(3)4)10-15(9-13)16(5,6)7;1-9-6-10(2)8-11(7-9)12(3,4)5/h8-12H,1-7H3;6-8H,1-5H3. The van der Waals surface area contributed by atoms with Gasteiger partial charge in [0.2, 0.25) is 0 Å². The molecule has 0 heteroatoms. The first-order valence-electron chi connectivity index (χ1n) is 10.9. The van der Waals surface area contributed by atoms with E-state index in [1.807, 2.05) is 0 Å². The third-order valence-electron chi connectivity index (χ3n) is 5.26. The Morgan fingerprint density at radius 1 is 0.500 bits per heavy atom. The lowest BCUT2D eigenvalue weighted by Gasteiger charge is -2.23. The molecule has 2 rings (SSSR count). The van der Waals surface area contributed by atoms with Gasteiger partial charge in [-0.3, -0.25) is 0 Å². The summed E-state index contributed by atoms with van der Waals surface area (Å²) in [7, 11) is 0. The normalized spacial score (nSPS) is 12.2. The van der Waals surface area contributed by atoms with Crippen molar-refractivity contribution in [3.05, 3.63) is 69.8 Å². The predicted molar refractivity (Wildman–Crippen MR) is 128 cm³/mol. The first-order valence-corrected chi connectivity index (χ1v) is 10.9. The Bertz CT molecular complexity index is 715. The molecular weight excluding hydrogens is 336 g/mol. The Balaban J connectivity index is 0.000000292. The van der Waals surface area contributed by atoms with Crippen LogP contribution < -0.4 is 0 Å². The number of aryl methyl sites for hydroxylation is 2. The van der Waals surface area contributed by atoms with E-state index < -0.39 is 0 Å². The zero-order valence-corrected chi connectivity index (χ0v) is 20.6. The Morgan fingerprint density at radius 2 is 0.821 bits per heavy atom. The molecule has 0 saturated carbocycles. The van der Waals surface area contributed by atoms with E-state index in [0.717, 1.165) is 0 Å². The van der Waals surface area contributed by atoms with Crippen molar-refractivity contribution >= 4 is 0 Å². The summed E-state index contributed by atoms with van der Waals surface area (Å²) < 4.78 is 0. The van der Waals surface area contributed by atoms with Crippen molar-refractivity contribution in [3.63, 3.8) is 0 Å². The summed E-state index contributed by atoms with van der Waals surface area (Å²) in [5, 5.41) is 0. The fourth-order valence-electron chi connectivity index (χ4n) is 3.18. The summed E-state index contributed by atoms with van der Waals surface area (Å²) in [6.45, 7) is 27.0. The molecule has 2 aromatic carbocycles. The maximum absolute atomic E-state index is 2.37. The van der Waals surface area contributed by atoms with E-state index in [4.69, 9.17) is 0 Å². The summed E-state index contributed by atoms with van der Waals surface area (Å²) >= 11 is 0. The molecule has 0 nitrogen and oxygen atoms in total. The topological polar surface area (TPSA) is 0 Å². The second-order valence-electron chi connectivity index (χ2n) is 11.1. The second-order valence-corrected chi connectivity index (χ2v) is 11.1. The fourth-order valence-corrected chi connectivity index (χ4v) is 3.18. The first-order chi connectivity index (χ1) is 12.6. The molecule has 0 atom stereocenters. The minimum absolute atomic E-state index is 0.245. The molecule has 0 aliphatic carbocycles. The fraction of sp³-hybridized carbons (Fsp3) is 0.571. The van der Waals surface area contributed by atoms with Crippen molar-refractivity contribution in [1.29, 1.82) is 0 Å². The minimum Gasteiger partial charge on any atom is -0.0587 e. The number of hydrogen-bond acceptors (Lipinski definition) is 0. The molecule has 0 unspecified atom stereocenters. The lowest BCUT2D eigenvalue weighted by Crippen LogP contribution is -2.12. The van der Waals surface area contributed by atoms with E-state index >= 15 is 0 Å². The molecule has 0 aliphatic rings. The molecule has 2 aromatic rings. The largest absolute Gasteiger partial charge is 0.0587 e. The third kappa shape index (κ3) is 7.46. The smallest absolute Gasteiger partial charge is 0.0132 e. The van der Waals surface area contributed by atoms with E-state index in [2.05, 4.69) is 119 Å². The van der Waals surface area contributed by atoms with Crippen LogP contribution in [0.2, 0.25) is 0 Å². The van der Waals surface area contributed by atoms with Crippen molar-refractivity contribution in [2.45, 2.75) is 106 Å². The van der Waals surface area contributed by atoms with Gasteiger partial charge in [-0.2, -0.15) is 0 Å². The van der Waals surface area contributed by atoms with Crippen molar-refractivity contribution < 1.29 is 0 Å². The minimum atomic E-state index is 0.245. The van der Waals surface area contributed by atoms with Crippen LogP contribution in [0.4, 0.5) is 0 Å². The molecular formula is C28H44. The van der Waals surface area contributed by atoms with E-state index in [9.17, 15) is 0 Å². The van der Waals surface area contributed by atoms with E-state index in [1.165, 1.54) is 33.4 Å². The van der Waals surface area contributed by atoms with E-state index in [1.54, 1.807) is 0 Å². The van der Waals surface area contributed by atoms with Crippen molar-refractivity contribution in [3.8, 4) is 0 Å².